The summed E-state index contributed by atoms with van der Waals surface area (Å²) < 4.78 is 5.08. The number of benzene rings is 1. The van der Waals surface area contributed by atoms with E-state index in [1.54, 1.807) is 19.2 Å². The fraction of sp³-hybridized carbons (Fsp3) is 0.300. The van der Waals surface area contributed by atoms with Crippen molar-refractivity contribution in [2.24, 2.45) is 5.73 Å². The Morgan fingerprint density at radius 1 is 1.60 bits per heavy atom. The molecular weight excluding hydrogens is 212 g/mol. The predicted molar refractivity (Wildman–Crippen MR) is 61.8 cm³/mol. The number of ether oxygens (including phenoxy) is 1. The van der Waals surface area contributed by atoms with E-state index in [1.807, 2.05) is 6.07 Å². The summed E-state index contributed by atoms with van der Waals surface area (Å²) in [5.41, 5.74) is 6.12. The van der Waals surface area contributed by atoms with E-state index in [2.05, 4.69) is 0 Å². The van der Waals surface area contributed by atoms with Crippen molar-refractivity contribution in [1.82, 2.24) is 0 Å². The van der Waals surface area contributed by atoms with Crippen LogP contribution >= 0.6 is 11.8 Å². The van der Waals surface area contributed by atoms with Gasteiger partial charge in [0.1, 0.15) is 11.6 Å². The molecule has 0 heterocycles. The molecule has 82 valence electrons. The molecule has 1 aromatic rings. The molecule has 1 aromatic carbocycles. The summed E-state index contributed by atoms with van der Waals surface area (Å²) in [4.78, 5) is 0.857. The van der Waals surface area contributed by atoms with Crippen LogP contribution < -0.4 is 10.5 Å². The van der Waals surface area contributed by atoms with Gasteiger partial charge in [0.25, 0.3) is 0 Å². The highest BCUT2D eigenvalue weighted by Crippen LogP contribution is 2.26. The number of methoxy groups -OCH3 is 1. The minimum absolute atomic E-state index is 0.0260. The largest absolute Gasteiger partial charge is 0.497 e. The van der Waals surface area contributed by atoms with E-state index in [9.17, 15) is 0 Å². The third-order valence-electron chi connectivity index (χ3n) is 1.83. The van der Waals surface area contributed by atoms with E-state index in [0.717, 1.165) is 10.6 Å². The number of nitrogens with one attached hydrogen (secondary N) is 1. The first-order valence-electron chi connectivity index (χ1n) is 4.45. The van der Waals surface area contributed by atoms with E-state index < -0.39 is 0 Å². The molecule has 4 nitrogen and oxygen atoms in total. The summed E-state index contributed by atoms with van der Waals surface area (Å²) in [5.74, 6) is 1.33. The van der Waals surface area contributed by atoms with Crippen LogP contribution in [-0.2, 0) is 0 Å². The van der Waals surface area contributed by atoms with Crippen molar-refractivity contribution in [3.63, 3.8) is 0 Å². The number of rotatable bonds is 5. The Balaban J connectivity index is 2.99. The highest BCUT2D eigenvalue weighted by atomic mass is 32.2. The number of amidine groups is 1. The lowest BCUT2D eigenvalue weighted by Gasteiger charge is -2.09. The van der Waals surface area contributed by atoms with Crippen LogP contribution in [-0.4, -0.2) is 30.4 Å². The number of nitrogen functional groups attached to an aromatic ring is 1. The van der Waals surface area contributed by atoms with Gasteiger partial charge in [0, 0.05) is 16.2 Å². The zero-order valence-corrected chi connectivity index (χ0v) is 9.30. The van der Waals surface area contributed by atoms with Crippen LogP contribution in [0.2, 0.25) is 0 Å². The van der Waals surface area contributed by atoms with Crippen molar-refractivity contribution in [3.8, 4) is 5.75 Å². The summed E-state index contributed by atoms with van der Waals surface area (Å²) in [6.07, 6.45) is 0. The van der Waals surface area contributed by atoms with Crippen LogP contribution in [0, 0.1) is 5.41 Å². The number of hydrogen-bond acceptors (Lipinski definition) is 4. The van der Waals surface area contributed by atoms with Crippen LogP contribution in [0.25, 0.3) is 0 Å². The molecule has 0 saturated carbocycles. The van der Waals surface area contributed by atoms with Crippen LogP contribution in [0.5, 0.6) is 5.75 Å². The molecule has 15 heavy (non-hydrogen) atoms. The minimum atomic E-state index is 0.0260. The lowest BCUT2D eigenvalue weighted by atomic mass is 10.2. The lowest BCUT2D eigenvalue weighted by Crippen LogP contribution is -2.12. The van der Waals surface area contributed by atoms with Crippen LogP contribution in [0.1, 0.15) is 5.56 Å². The lowest BCUT2D eigenvalue weighted by molar-refractivity contribution is 0.322. The van der Waals surface area contributed by atoms with Gasteiger partial charge >= 0.3 is 0 Å². The zero-order valence-electron chi connectivity index (χ0n) is 8.49. The molecule has 1 rings (SSSR count). The number of thioether (sulfide) groups is 1. The molecular formula is C10H14N2O2S. The first kappa shape index (κ1) is 11.9. The SMILES string of the molecule is COc1ccc(C(=N)N)c(SCCO)c1. The molecule has 0 saturated heterocycles. The normalized spacial score (nSPS) is 10.0. The smallest absolute Gasteiger partial charge is 0.123 e. The van der Waals surface area contributed by atoms with Crippen molar-refractivity contribution in [1.29, 1.82) is 5.41 Å². The Labute approximate surface area is 92.9 Å². The Morgan fingerprint density at radius 3 is 2.87 bits per heavy atom. The van der Waals surface area contributed by atoms with Crippen LogP contribution in [0.4, 0.5) is 0 Å². The third kappa shape index (κ3) is 3.14. The van der Waals surface area contributed by atoms with Gasteiger partial charge in [0.05, 0.1) is 13.7 Å². The maximum absolute atomic E-state index is 8.75. The monoisotopic (exact) mass is 226 g/mol. The second-order valence-corrected chi connectivity index (χ2v) is 3.98. The van der Waals surface area contributed by atoms with E-state index in [0.29, 0.717) is 11.3 Å². The summed E-state index contributed by atoms with van der Waals surface area (Å²) in [6.45, 7) is 0.0964. The van der Waals surface area contributed by atoms with Gasteiger partial charge < -0.3 is 15.6 Å². The molecule has 0 fully saturated rings. The molecule has 5 heteroatoms. The Morgan fingerprint density at radius 2 is 2.33 bits per heavy atom. The average Bonchev–Trinajstić information content (AvgIpc) is 2.25. The standard InChI is InChI=1S/C10H14N2O2S/c1-14-7-2-3-8(10(11)12)9(6-7)15-5-4-13/h2-3,6,13H,4-5H2,1H3,(H3,11,12). The van der Waals surface area contributed by atoms with E-state index in [-0.39, 0.29) is 12.4 Å². The second-order valence-electron chi connectivity index (χ2n) is 2.85. The van der Waals surface area contributed by atoms with Crippen molar-refractivity contribution < 1.29 is 9.84 Å². The molecule has 0 aliphatic carbocycles. The highest BCUT2D eigenvalue weighted by molar-refractivity contribution is 7.99. The zero-order chi connectivity index (χ0) is 11.3. The van der Waals surface area contributed by atoms with Gasteiger partial charge in [0.15, 0.2) is 0 Å². The Hall–Kier alpha value is -1.20. The average molecular weight is 226 g/mol. The van der Waals surface area contributed by atoms with Gasteiger partial charge in [-0.2, -0.15) is 0 Å². The minimum Gasteiger partial charge on any atom is -0.497 e. The van der Waals surface area contributed by atoms with E-state index >= 15 is 0 Å². The van der Waals surface area contributed by atoms with Crippen molar-refractivity contribution >= 4 is 17.6 Å². The molecule has 0 amide bonds. The number of aliphatic hydroxyl groups excluding tert-OH is 1. The van der Waals surface area contributed by atoms with Gasteiger partial charge in [-0.05, 0) is 18.2 Å². The first-order valence-corrected chi connectivity index (χ1v) is 5.43. The topological polar surface area (TPSA) is 79.3 Å². The molecule has 0 aliphatic rings. The number of hydrogen-bond donors (Lipinski definition) is 3. The van der Waals surface area contributed by atoms with E-state index in [4.69, 9.17) is 21.0 Å². The molecule has 0 radical (unpaired) electrons. The quantitative estimate of drug-likeness (QED) is 0.398. The molecule has 0 atom stereocenters. The summed E-state index contributed by atoms with van der Waals surface area (Å²) in [7, 11) is 1.59. The van der Waals surface area contributed by atoms with E-state index in [1.165, 1.54) is 11.8 Å². The third-order valence-corrected chi connectivity index (χ3v) is 2.86. The molecule has 0 aromatic heterocycles. The van der Waals surface area contributed by atoms with Gasteiger partial charge in [0.2, 0.25) is 0 Å². The van der Waals surface area contributed by atoms with Gasteiger partial charge in [-0.25, -0.2) is 0 Å². The Bertz CT molecular complexity index is 355. The maximum Gasteiger partial charge on any atom is 0.123 e. The van der Waals surface area contributed by atoms with Gasteiger partial charge in [-0.15, -0.1) is 11.8 Å². The summed E-state index contributed by atoms with van der Waals surface area (Å²) in [6, 6.07) is 5.33. The van der Waals surface area contributed by atoms with Crippen LogP contribution in [0.3, 0.4) is 0 Å². The molecule has 0 unspecified atom stereocenters. The predicted octanol–water partition coefficient (Wildman–Crippen LogP) is 1.06. The summed E-state index contributed by atoms with van der Waals surface area (Å²) >= 11 is 1.45. The van der Waals surface area contributed by atoms with Crippen LogP contribution in [0.15, 0.2) is 23.1 Å². The summed E-state index contributed by atoms with van der Waals surface area (Å²) in [5, 5.41) is 16.1. The van der Waals surface area contributed by atoms with Gasteiger partial charge in [-0.1, -0.05) is 0 Å². The first-order chi connectivity index (χ1) is 7.19. The maximum atomic E-state index is 8.75. The molecule has 0 spiro atoms. The molecule has 4 N–H and O–H groups in total. The van der Waals surface area contributed by atoms with Gasteiger partial charge in [-0.3, -0.25) is 5.41 Å². The van der Waals surface area contributed by atoms with Crippen molar-refractivity contribution in [3.05, 3.63) is 23.8 Å². The Kier molecular flexibility index (Phi) is 4.45. The molecule has 0 aliphatic heterocycles. The van der Waals surface area contributed by atoms with Crippen molar-refractivity contribution in [2.75, 3.05) is 19.5 Å². The second kappa shape index (κ2) is 5.63. The fourth-order valence-electron chi connectivity index (χ4n) is 1.13. The fourth-order valence-corrected chi connectivity index (χ4v) is 1.97. The number of nitrogens with two attached hydrogens (primary N) is 1. The highest BCUT2D eigenvalue weighted by Gasteiger charge is 2.07. The molecule has 0 bridgehead atoms. The number of aliphatic hydroxyl groups is 1. The van der Waals surface area contributed by atoms with Crippen molar-refractivity contribution in [2.45, 2.75) is 4.90 Å².